The predicted molar refractivity (Wildman–Crippen MR) is 183 cm³/mol. The number of hydrogen-bond donors (Lipinski definition) is 4. The van der Waals surface area contributed by atoms with Crippen molar-refractivity contribution in [1.82, 2.24) is 0 Å². The lowest BCUT2D eigenvalue weighted by atomic mass is 10.1. The second-order valence-electron chi connectivity index (χ2n) is 10.6. The van der Waals surface area contributed by atoms with Crippen molar-refractivity contribution in [3.05, 3.63) is 161 Å². The SMILES string of the molecule is O=P(O)(O)Cc1ccc(C=Cc2ccc(N(c3ccccc3)c3ccc(/C=C/c4ccc(CP(=O)(O)O)cc4)cc3)cc2)cc1. The highest BCUT2D eigenvalue weighted by Crippen LogP contribution is 2.40. The minimum atomic E-state index is -4.09. The monoisotopic (exact) mass is 637 g/mol. The van der Waals surface area contributed by atoms with Crippen LogP contribution in [0.5, 0.6) is 0 Å². The third-order valence-corrected chi connectivity index (χ3v) is 8.54. The molecule has 7 nitrogen and oxygen atoms in total. The minimum absolute atomic E-state index is 0.268. The summed E-state index contributed by atoms with van der Waals surface area (Å²) in [6, 6.07) is 40.9. The van der Waals surface area contributed by atoms with E-state index in [1.54, 1.807) is 24.3 Å². The maximum Gasteiger partial charge on any atom is 0.329 e. The summed E-state index contributed by atoms with van der Waals surface area (Å²) in [7, 11) is -8.18. The Bertz CT molecular complexity index is 1740. The summed E-state index contributed by atoms with van der Waals surface area (Å²) >= 11 is 0. The first kappa shape index (κ1) is 32.1. The number of rotatable bonds is 11. The Morgan fingerprint density at radius 2 is 0.711 bits per heavy atom. The molecule has 0 aliphatic carbocycles. The highest BCUT2D eigenvalue weighted by atomic mass is 31.2. The van der Waals surface area contributed by atoms with Crippen LogP contribution in [0.4, 0.5) is 17.1 Å². The molecule has 0 saturated heterocycles. The summed E-state index contributed by atoms with van der Waals surface area (Å²) in [4.78, 5) is 38.9. The van der Waals surface area contributed by atoms with Crippen LogP contribution in [0.25, 0.3) is 24.3 Å². The van der Waals surface area contributed by atoms with Gasteiger partial charge in [-0.1, -0.05) is 115 Å². The van der Waals surface area contributed by atoms with Gasteiger partial charge in [0, 0.05) is 17.1 Å². The van der Waals surface area contributed by atoms with Crippen molar-refractivity contribution in [2.75, 3.05) is 4.90 Å². The molecule has 0 aliphatic heterocycles. The van der Waals surface area contributed by atoms with Crippen molar-refractivity contribution in [2.45, 2.75) is 12.3 Å². The molecule has 5 aromatic rings. The van der Waals surface area contributed by atoms with Crippen molar-refractivity contribution < 1.29 is 28.7 Å². The summed E-state index contributed by atoms with van der Waals surface area (Å²) in [5, 5.41) is 0. The average Bonchev–Trinajstić information content (AvgIpc) is 3.01. The third kappa shape index (κ3) is 9.84. The van der Waals surface area contributed by atoms with Gasteiger partial charge in [-0.05, 0) is 69.8 Å². The van der Waals surface area contributed by atoms with Crippen molar-refractivity contribution in [3.63, 3.8) is 0 Å². The molecule has 0 unspecified atom stereocenters. The van der Waals surface area contributed by atoms with Crippen LogP contribution >= 0.6 is 15.2 Å². The van der Waals surface area contributed by atoms with Gasteiger partial charge in [-0.2, -0.15) is 0 Å². The number of nitrogens with zero attached hydrogens (tertiary/aromatic N) is 1. The summed E-state index contributed by atoms with van der Waals surface area (Å²) in [6.07, 6.45) is 7.40. The molecule has 0 bridgehead atoms. The van der Waals surface area contributed by atoms with Crippen molar-refractivity contribution in [3.8, 4) is 0 Å². The fraction of sp³-hybridized carbons (Fsp3) is 0.0556. The highest BCUT2D eigenvalue weighted by molar-refractivity contribution is 7.51. The van der Waals surface area contributed by atoms with E-state index in [-0.39, 0.29) is 12.3 Å². The van der Waals surface area contributed by atoms with Crippen molar-refractivity contribution in [2.24, 2.45) is 0 Å². The van der Waals surface area contributed by atoms with E-state index in [0.717, 1.165) is 39.3 Å². The molecule has 5 aromatic carbocycles. The molecular weight excluding hydrogens is 604 g/mol. The lowest BCUT2D eigenvalue weighted by Crippen LogP contribution is -2.09. The summed E-state index contributed by atoms with van der Waals surface area (Å²) in [5.41, 5.74) is 8.12. The van der Waals surface area contributed by atoms with Gasteiger partial charge in [0.2, 0.25) is 0 Å². The van der Waals surface area contributed by atoms with Gasteiger partial charge in [0.15, 0.2) is 0 Å². The molecule has 0 spiro atoms. The zero-order valence-corrected chi connectivity index (χ0v) is 26.1. The Labute approximate surface area is 262 Å². The van der Waals surface area contributed by atoms with Crippen LogP contribution < -0.4 is 4.90 Å². The van der Waals surface area contributed by atoms with Crippen molar-refractivity contribution >= 4 is 56.6 Å². The predicted octanol–water partition coefficient (Wildman–Crippen LogP) is 8.85. The first-order valence-corrected chi connectivity index (χ1v) is 17.8. The fourth-order valence-corrected chi connectivity index (χ4v) is 6.20. The first-order chi connectivity index (χ1) is 21.5. The number of anilines is 3. The topological polar surface area (TPSA) is 118 Å². The van der Waals surface area contributed by atoms with Gasteiger partial charge < -0.3 is 24.5 Å². The average molecular weight is 638 g/mol. The normalized spacial score (nSPS) is 12.2. The van der Waals surface area contributed by atoms with Crippen LogP contribution in [0.2, 0.25) is 0 Å². The van der Waals surface area contributed by atoms with E-state index >= 15 is 0 Å². The van der Waals surface area contributed by atoms with E-state index in [1.807, 2.05) is 91.0 Å². The molecule has 228 valence electrons. The molecule has 0 fully saturated rings. The molecule has 0 saturated carbocycles. The van der Waals surface area contributed by atoms with Crippen molar-refractivity contribution in [1.29, 1.82) is 0 Å². The van der Waals surface area contributed by atoms with E-state index in [0.29, 0.717) is 11.1 Å². The molecule has 0 aliphatic rings. The lowest BCUT2D eigenvalue weighted by molar-refractivity contribution is 0.369. The van der Waals surface area contributed by atoms with E-state index in [1.165, 1.54) is 0 Å². The van der Waals surface area contributed by atoms with Gasteiger partial charge in [-0.25, -0.2) is 0 Å². The molecule has 0 aromatic heterocycles. The molecule has 0 amide bonds. The summed E-state index contributed by atoms with van der Waals surface area (Å²) in [6.45, 7) is 0. The Balaban J connectivity index is 1.30. The smallest absolute Gasteiger partial charge is 0.324 e. The molecule has 0 radical (unpaired) electrons. The van der Waals surface area contributed by atoms with E-state index in [4.69, 9.17) is 0 Å². The Hall–Kier alpha value is -4.32. The third-order valence-electron chi connectivity index (χ3n) is 6.99. The fourth-order valence-electron chi connectivity index (χ4n) is 4.82. The Kier molecular flexibility index (Phi) is 10.1. The minimum Gasteiger partial charge on any atom is -0.324 e. The van der Waals surface area contributed by atoms with Gasteiger partial charge in [-0.3, -0.25) is 9.13 Å². The van der Waals surface area contributed by atoms with Gasteiger partial charge in [-0.15, -0.1) is 0 Å². The lowest BCUT2D eigenvalue weighted by Gasteiger charge is -2.25. The van der Waals surface area contributed by atoms with Crippen LogP contribution in [-0.2, 0) is 21.5 Å². The molecule has 4 N–H and O–H groups in total. The summed E-state index contributed by atoms with van der Waals surface area (Å²) < 4.78 is 22.5. The standard InChI is InChI=1S/C36H33NO6P2/c38-44(39,40)26-32-14-10-28(11-15-32)6-8-30-18-22-35(23-19-30)37(34-4-2-1-3-5-34)36-24-20-31(21-25-36)9-7-29-12-16-33(17-13-29)27-45(41,42)43/h1-25H,26-27H2,(H2,38,39,40)(H2,41,42,43)/b8-6+,9-7?. The number of benzene rings is 5. The van der Waals surface area contributed by atoms with E-state index < -0.39 is 15.2 Å². The largest absolute Gasteiger partial charge is 0.329 e. The van der Waals surface area contributed by atoms with Gasteiger partial charge in [0.1, 0.15) is 0 Å². The Morgan fingerprint density at radius 1 is 0.422 bits per heavy atom. The second-order valence-corrected chi connectivity index (χ2v) is 13.9. The Morgan fingerprint density at radius 3 is 1.02 bits per heavy atom. The van der Waals surface area contributed by atoms with Crippen LogP contribution in [0.3, 0.4) is 0 Å². The van der Waals surface area contributed by atoms with Crippen LogP contribution in [0.15, 0.2) is 127 Å². The van der Waals surface area contributed by atoms with Gasteiger partial charge in [0.25, 0.3) is 0 Å². The maximum absolute atomic E-state index is 11.2. The van der Waals surface area contributed by atoms with Gasteiger partial charge >= 0.3 is 15.2 Å². The van der Waals surface area contributed by atoms with Crippen LogP contribution in [0, 0.1) is 0 Å². The maximum atomic E-state index is 11.2. The molecular formula is C36H33NO6P2. The zero-order valence-electron chi connectivity index (χ0n) is 24.3. The molecule has 9 heteroatoms. The molecule has 45 heavy (non-hydrogen) atoms. The first-order valence-electron chi connectivity index (χ1n) is 14.2. The van der Waals surface area contributed by atoms with E-state index in [2.05, 4.69) is 41.3 Å². The molecule has 5 rings (SSSR count). The van der Waals surface area contributed by atoms with Crippen LogP contribution in [0.1, 0.15) is 33.4 Å². The number of hydrogen-bond acceptors (Lipinski definition) is 3. The molecule has 0 atom stereocenters. The van der Waals surface area contributed by atoms with Gasteiger partial charge in [0.05, 0.1) is 12.3 Å². The zero-order chi connectivity index (χ0) is 31.9. The second kappa shape index (κ2) is 14.2. The highest BCUT2D eigenvalue weighted by Gasteiger charge is 2.15. The van der Waals surface area contributed by atoms with Crippen LogP contribution in [-0.4, -0.2) is 19.6 Å². The summed E-state index contributed by atoms with van der Waals surface area (Å²) in [5.74, 6) is 0. The number of para-hydroxylation sites is 1. The quantitative estimate of drug-likeness (QED) is 0.0844. The molecule has 0 heterocycles. The van der Waals surface area contributed by atoms with E-state index in [9.17, 15) is 28.7 Å².